The number of rotatable bonds is 10. The van der Waals surface area contributed by atoms with Crippen LogP contribution in [0.5, 0.6) is 11.5 Å². The normalized spacial score (nSPS) is 14.0. The Kier molecular flexibility index (Phi) is 8.32. The second-order valence-corrected chi connectivity index (χ2v) is 9.57. The fraction of sp³-hybridized carbons (Fsp3) is 0.435. The SMILES string of the molecule is CCN(CC)S(=O)(=O)c1ccc(N2CCCC2)c(NC(=O)c2cccc(OC)c2OC(F)F)c1. The zero-order valence-corrected chi connectivity index (χ0v) is 20.2. The predicted molar refractivity (Wildman–Crippen MR) is 126 cm³/mol. The molecule has 0 aromatic heterocycles. The molecule has 2 aromatic rings. The van der Waals surface area contributed by atoms with Crippen LogP contribution in [0.15, 0.2) is 41.3 Å². The molecule has 2 aromatic carbocycles. The Morgan fingerprint density at radius 2 is 1.82 bits per heavy atom. The Morgan fingerprint density at radius 3 is 2.41 bits per heavy atom. The molecule has 1 N–H and O–H groups in total. The van der Waals surface area contributed by atoms with Crippen LogP contribution in [0.3, 0.4) is 0 Å². The van der Waals surface area contributed by atoms with Crippen LogP contribution in [-0.4, -0.2) is 58.5 Å². The van der Waals surface area contributed by atoms with Gasteiger partial charge in [-0.2, -0.15) is 13.1 Å². The van der Waals surface area contributed by atoms with Crippen molar-refractivity contribution in [2.45, 2.75) is 38.2 Å². The van der Waals surface area contributed by atoms with Crippen molar-refractivity contribution in [2.24, 2.45) is 0 Å². The lowest BCUT2D eigenvalue weighted by molar-refractivity contribution is -0.0515. The van der Waals surface area contributed by atoms with Crippen LogP contribution in [0.1, 0.15) is 37.0 Å². The minimum absolute atomic E-state index is 0.0226. The number of hydrogen-bond donors (Lipinski definition) is 1. The highest BCUT2D eigenvalue weighted by atomic mass is 32.2. The van der Waals surface area contributed by atoms with E-state index in [4.69, 9.17) is 4.74 Å². The van der Waals surface area contributed by atoms with E-state index in [0.29, 0.717) is 18.8 Å². The molecule has 3 rings (SSSR count). The molecule has 0 spiro atoms. The molecule has 1 fully saturated rings. The van der Waals surface area contributed by atoms with Gasteiger partial charge in [0.25, 0.3) is 5.91 Å². The fourth-order valence-electron chi connectivity index (χ4n) is 3.98. The minimum atomic E-state index is -3.78. The summed E-state index contributed by atoms with van der Waals surface area (Å²) in [7, 11) is -2.50. The molecule has 1 aliphatic rings. The summed E-state index contributed by atoms with van der Waals surface area (Å²) in [5.41, 5.74) is 0.763. The van der Waals surface area contributed by atoms with Crippen LogP contribution < -0.4 is 19.7 Å². The van der Waals surface area contributed by atoms with E-state index in [2.05, 4.69) is 10.1 Å². The highest BCUT2D eigenvalue weighted by Gasteiger charge is 2.26. The fourth-order valence-corrected chi connectivity index (χ4v) is 5.46. The van der Waals surface area contributed by atoms with E-state index in [1.54, 1.807) is 19.9 Å². The number of carbonyl (C=O) groups excluding carboxylic acids is 1. The summed E-state index contributed by atoms with van der Waals surface area (Å²) in [6.45, 7) is 2.43. The number of alkyl halides is 2. The summed E-state index contributed by atoms with van der Waals surface area (Å²) >= 11 is 0. The van der Waals surface area contributed by atoms with Gasteiger partial charge in [-0.1, -0.05) is 19.9 Å². The molecule has 11 heteroatoms. The number of nitrogens with one attached hydrogen (secondary N) is 1. The van der Waals surface area contributed by atoms with Crippen molar-refractivity contribution in [3.8, 4) is 11.5 Å². The highest BCUT2D eigenvalue weighted by molar-refractivity contribution is 7.89. The Balaban J connectivity index is 2.05. The molecule has 0 radical (unpaired) electrons. The summed E-state index contributed by atoms with van der Waals surface area (Å²) in [6, 6.07) is 8.82. The average molecular weight is 498 g/mol. The lowest BCUT2D eigenvalue weighted by Gasteiger charge is -2.24. The summed E-state index contributed by atoms with van der Waals surface area (Å²) in [5, 5.41) is 2.71. The van der Waals surface area contributed by atoms with Crippen molar-refractivity contribution in [1.29, 1.82) is 0 Å². The van der Waals surface area contributed by atoms with E-state index in [-0.39, 0.29) is 21.9 Å². The standard InChI is InChI=1S/C23H29F2N3O5S/c1-4-28(5-2)34(30,31)16-11-12-19(27-13-6-7-14-27)18(15-16)26-22(29)17-9-8-10-20(32-3)21(17)33-23(24)25/h8-12,15,23H,4-7,13-14H2,1-3H3,(H,26,29). The van der Waals surface area contributed by atoms with E-state index >= 15 is 0 Å². The largest absolute Gasteiger partial charge is 0.493 e. The predicted octanol–water partition coefficient (Wildman–Crippen LogP) is 4.18. The summed E-state index contributed by atoms with van der Waals surface area (Å²) in [4.78, 5) is 15.3. The minimum Gasteiger partial charge on any atom is -0.493 e. The monoisotopic (exact) mass is 497 g/mol. The van der Waals surface area contributed by atoms with Gasteiger partial charge >= 0.3 is 6.61 Å². The van der Waals surface area contributed by atoms with Crippen molar-refractivity contribution in [3.05, 3.63) is 42.0 Å². The Hall–Kier alpha value is -2.92. The van der Waals surface area contributed by atoms with E-state index in [9.17, 15) is 22.0 Å². The maximum Gasteiger partial charge on any atom is 0.387 e. The van der Waals surface area contributed by atoms with E-state index in [1.807, 2.05) is 4.90 Å². The molecular formula is C23H29F2N3O5S. The third-order valence-electron chi connectivity index (χ3n) is 5.66. The topological polar surface area (TPSA) is 88.2 Å². The van der Waals surface area contributed by atoms with Gasteiger partial charge in [0.2, 0.25) is 10.0 Å². The number of methoxy groups -OCH3 is 1. The number of sulfonamides is 1. The van der Waals surface area contributed by atoms with Crippen LogP contribution in [0.4, 0.5) is 20.2 Å². The number of carbonyl (C=O) groups is 1. The van der Waals surface area contributed by atoms with Gasteiger partial charge in [0.1, 0.15) is 0 Å². The van der Waals surface area contributed by atoms with Crippen LogP contribution in [0.25, 0.3) is 0 Å². The maximum atomic E-state index is 13.2. The molecule has 186 valence electrons. The number of halogens is 2. The summed E-state index contributed by atoms with van der Waals surface area (Å²) in [5.74, 6) is -1.15. The second kappa shape index (κ2) is 11.0. The maximum absolute atomic E-state index is 13.2. The van der Waals surface area contributed by atoms with Crippen molar-refractivity contribution in [1.82, 2.24) is 4.31 Å². The van der Waals surface area contributed by atoms with Crippen molar-refractivity contribution >= 4 is 27.3 Å². The number of ether oxygens (including phenoxy) is 2. The number of para-hydroxylation sites is 1. The third kappa shape index (κ3) is 5.41. The van der Waals surface area contributed by atoms with Gasteiger partial charge in [0.05, 0.1) is 28.9 Å². The summed E-state index contributed by atoms with van der Waals surface area (Å²) < 4.78 is 63.1. The van der Waals surface area contributed by atoms with Gasteiger partial charge in [0, 0.05) is 26.2 Å². The molecule has 0 bridgehead atoms. The molecular weight excluding hydrogens is 468 g/mol. The van der Waals surface area contributed by atoms with Crippen molar-refractivity contribution in [2.75, 3.05) is 43.5 Å². The van der Waals surface area contributed by atoms with Crippen LogP contribution in [0.2, 0.25) is 0 Å². The van der Waals surface area contributed by atoms with Gasteiger partial charge in [-0.05, 0) is 43.2 Å². The third-order valence-corrected chi connectivity index (χ3v) is 7.70. The van der Waals surface area contributed by atoms with E-state index < -0.39 is 28.3 Å². The van der Waals surface area contributed by atoms with Gasteiger partial charge in [-0.3, -0.25) is 4.79 Å². The number of hydrogen-bond acceptors (Lipinski definition) is 6. The summed E-state index contributed by atoms with van der Waals surface area (Å²) in [6.07, 6.45) is 1.93. The first-order valence-electron chi connectivity index (χ1n) is 11.0. The van der Waals surface area contributed by atoms with Gasteiger partial charge in [-0.15, -0.1) is 0 Å². The lowest BCUT2D eigenvalue weighted by atomic mass is 10.1. The molecule has 34 heavy (non-hydrogen) atoms. The van der Waals surface area contributed by atoms with Gasteiger partial charge in [-0.25, -0.2) is 8.42 Å². The molecule has 1 heterocycles. The molecule has 0 saturated carbocycles. The Labute approximate surface area is 198 Å². The molecule has 1 aliphatic heterocycles. The second-order valence-electron chi connectivity index (χ2n) is 7.63. The van der Waals surface area contributed by atoms with E-state index in [1.165, 1.54) is 41.7 Å². The van der Waals surface area contributed by atoms with Crippen molar-refractivity contribution in [3.63, 3.8) is 0 Å². The quantitative estimate of drug-likeness (QED) is 0.530. The Morgan fingerprint density at radius 1 is 1.15 bits per heavy atom. The van der Waals surface area contributed by atoms with Crippen LogP contribution >= 0.6 is 0 Å². The first-order chi connectivity index (χ1) is 16.2. The molecule has 1 amide bonds. The molecule has 1 saturated heterocycles. The van der Waals surface area contributed by atoms with E-state index in [0.717, 1.165) is 25.9 Å². The van der Waals surface area contributed by atoms with Crippen molar-refractivity contribution < 1.29 is 31.5 Å². The van der Waals surface area contributed by atoms with Gasteiger partial charge < -0.3 is 19.7 Å². The first kappa shape index (κ1) is 25.7. The first-order valence-corrected chi connectivity index (χ1v) is 12.5. The van der Waals surface area contributed by atoms with Gasteiger partial charge in [0.15, 0.2) is 11.5 Å². The Bertz CT molecular complexity index is 1120. The molecule has 8 nitrogen and oxygen atoms in total. The number of benzene rings is 2. The molecule has 0 unspecified atom stereocenters. The molecule has 0 atom stereocenters. The zero-order valence-electron chi connectivity index (χ0n) is 19.4. The smallest absolute Gasteiger partial charge is 0.387 e. The molecule has 0 aliphatic carbocycles. The number of nitrogens with zero attached hydrogens (tertiary/aromatic N) is 2. The number of amides is 1. The number of anilines is 2. The van der Waals surface area contributed by atoms with Crippen LogP contribution in [0, 0.1) is 0 Å². The lowest BCUT2D eigenvalue weighted by Crippen LogP contribution is -2.31. The average Bonchev–Trinajstić information content (AvgIpc) is 3.34. The van der Waals surface area contributed by atoms with Crippen LogP contribution in [-0.2, 0) is 10.0 Å². The highest BCUT2D eigenvalue weighted by Crippen LogP contribution is 2.36. The zero-order chi connectivity index (χ0) is 24.9.